The Balaban J connectivity index is 4.10. The van der Waals surface area contributed by atoms with E-state index < -0.39 is 38.6 Å². The third-order valence-corrected chi connectivity index (χ3v) is 9.17. The first-order valence-corrected chi connectivity index (χ1v) is 22.1. The van der Waals surface area contributed by atoms with Crippen molar-refractivity contribution in [3.05, 3.63) is 48.6 Å². The maximum absolute atomic E-state index is 12.4. The van der Waals surface area contributed by atoms with Gasteiger partial charge >= 0.3 is 19.8 Å². The minimum atomic E-state index is -4.78. The van der Waals surface area contributed by atoms with Crippen LogP contribution in [0.5, 0.6) is 0 Å². The average Bonchev–Trinajstić information content (AvgIpc) is 3.11. The van der Waals surface area contributed by atoms with E-state index in [0.717, 1.165) is 32.1 Å². The van der Waals surface area contributed by atoms with Gasteiger partial charge in [-0.2, -0.15) is 0 Å². The molecule has 0 saturated heterocycles. The number of ether oxygens (including phenoxy) is 2. The molecule has 0 aliphatic heterocycles. The van der Waals surface area contributed by atoms with Crippen molar-refractivity contribution < 1.29 is 43.0 Å². The summed E-state index contributed by atoms with van der Waals surface area (Å²) in [5.41, 5.74) is 0. The summed E-state index contributed by atoms with van der Waals surface area (Å²) < 4.78 is 26.3. The Kier molecular flexibility index (Phi) is 35.8. The monoisotopic (exact) mass is 755 g/mol. The van der Waals surface area contributed by atoms with Crippen LogP contribution in [-0.2, 0) is 28.2 Å². The zero-order valence-electron chi connectivity index (χ0n) is 32.8. The number of unbranched alkanes of at least 4 members (excludes halogenated alkanes) is 19. The Morgan fingerprint density at radius 2 is 1.12 bits per heavy atom. The molecule has 0 aromatic heterocycles. The van der Waals surface area contributed by atoms with Crippen molar-refractivity contribution in [3.63, 3.8) is 0 Å². The molecular weight excluding hydrogens is 679 g/mol. The van der Waals surface area contributed by atoms with E-state index in [4.69, 9.17) is 19.3 Å². The molecule has 3 N–H and O–H groups in total. The molecule has 9 nitrogen and oxygen atoms in total. The van der Waals surface area contributed by atoms with Gasteiger partial charge in [-0.15, -0.1) is 0 Å². The zero-order chi connectivity index (χ0) is 38.4. The van der Waals surface area contributed by atoms with E-state index in [9.17, 15) is 19.3 Å². The zero-order valence-corrected chi connectivity index (χ0v) is 33.7. The van der Waals surface area contributed by atoms with E-state index >= 15 is 0 Å². The number of phosphoric ester groups is 1. The summed E-state index contributed by atoms with van der Waals surface area (Å²) in [6.07, 6.45) is 41.4. The molecule has 1 unspecified atom stereocenters. The number of aliphatic hydroxyl groups excluding tert-OH is 1. The lowest BCUT2D eigenvalue weighted by molar-refractivity contribution is -0.161. The highest BCUT2D eigenvalue weighted by Crippen LogP contribution is 2.36. The Bertz CT molecular complexity index is 1000. The molecule has 0 aromatic rings. The summed E-state index contributed by atoms with van der Waals surface area (Å²) in [7, 11) is -4.78. The van der Waals surface area contributed by atoms with Crippen molar-refractivity contribution >= 4 is 19.8 Å². The predicted molar refractivity (Wildman–Crippen MR) is 213 cm³/mol. The van der Waals surface area contributed by atoms with Crippen molar-refractivity contribution in [2.75, 3.05) is 13.2 Å². The van der Waals surface area contributed by atoms with Gasteiger partial charge in [0, 0.05) is 12.8 Å². The van der Waals surface area contributed by atoms with Crippen LogP contribution in [0.3, 0.4) is 0 Å². The number of aliphatic hydroxyl groups is 1. The van der Waals surface area contributed by atoms with Crippen LogP contribution < -0.4 is 0 Å². The van der Waals surface area contributed by atoms with Crippen LogP contribution in [0.2, 0.25) is 0 Å². The highest BCUT2D eigenvalue weighted by molar-refractivity contribution is 7.46. The first-order chi connectivity index (χ1) is 25.2. The first-order valence-electron chi connectivity index (χ1n) is 20.5. The number of carbonyl (C=O) groups excluding carboxylic acids is 2. The highest BCUT2D eigenvalue weighted by Gasteiger charge is 2.22. The summed E-state index contributed by atoms with van der Waals surface area (Å²) in [6.45, 7) is 3.53. The van der Waals surface area contributed by atoms with Gasteiger partial charge in [-0.3, -0.25) is 14.1 Å². The van der Waals surface area contributed by atoms with E-state index in [0.29, 0.717) is 25.7 Å². The lowest BCUT2D eigenvalue weighted by Gasteiger charge is -2.18. The molecule has 0 amide bonds. The van der Waals surface area contributed by atoms with Crippen LogP contribution in [0.25, 0.3) is 0 Å². The minimum Gasteiger partial charge on any atom is -0.462 e. The van der Waals surface area contributed by atoms with Gasteiger partial charge in [0.25, 0.3) is 0 Å². The van der Waals surface area contributed by atoms with Gasteiger partial charge in [0.2, 0.25) is 0 Å². The second-order valence-corrected chi connectivity index (χ2v) is 15.1. The molecule has 0 saturated carbocycles. The van der Waals surface area contributed by atoms with E-state index in [2.05, 4.69) is 36.6 Å². The van der Waals surface area contributed by atoms with Crippen LogP contribution in [0.4, 0.5) is 0 Å². The summed E-state index contributed by atoms with van der Waals surface area (Å²) in [5.74, 6) is -1.01. The van der Waals surface area contributed by atoms with Crippen molar-refractivity contribution in [1.29, 1.82) is 0 Å². The molecule has 52 heavy (non-hydrogen) atoms. The largest absolute Gasteiger partial charge is 0.469 e. The number of esters is 2. The van der Waals surface area contributed by atoms with E-state index in [1.807, 2.05) is 18.2 Å². The molecule has 0 spiro atoms. The van der Waals surface area contributed by atoms with Gasteiger partial charge in [-0.25, -0.2) is 4.57 Å². The Hall–Kier alpha value is -2.03. The third-order valence-electron chi connectivity index (χ3n) is 8.68. The Morgan fingerprint density at radius 3 is 1.71 bits per heavy atom. The molecule has 10 heteroatoms. The normalized spacial score (nSPS) is 13.6. The van der Waals surface area contributed by atoms with Crippen LogP contribution in [0.15, 0.2) is 48.6 Å². The summed E-state index contributed by atoms with van der Waals surface area (Å²) >= 11 is 0. The number of allylic oxidation sites excluding steroid dienone is 6. The predicted octanol–water partition coefficient (Wildman–Crippen LogP) is 11.3. The second-order valence-electron chi connectivity index (χ2n) is 13.8. The van der Waals surface area contributed by atoms with Crippen LogP contribution in [0, 0.1) is 0 Å². The van der Waals surface area contributed by atoms with E-state index in [1.54, 1.807) is 12.2 Å². The standard InChI is InChI=1S/C42H75O9P/c1-3-5-7-9-11-13-14-15-16-17-18-19-21-23-27-32-36-42(45)51-40(38-50-52(46,47)48)37-49-41(44)35-31-28-24-26-30-34-39(43)33-29-25-22-20-12-10-8-6-4-2/h12,20,24-26,29-30,34,39-40,43H,3-11,13-19,21-23,27-28,31-33,35-38H2,1-2H3,(H2,46,47,48)/b20-12-,26-24+,29-25-,34-30-/t39?,40-/m1/s1. The maximum atomic E-state index is 12.4. The van der Waals surface area contributed by atoms with Gasteiger partial charge in [0.05, 0.1) is 12.7 Å². The van der Waals surface area contributed by atoms with E-state index in [1.165, 1.54) is 96.3 Å². The van der Waals surface area contributed by atoms with Crippen molar-refractivity contribution in [3.8, 4) is 0 Å². The molecule has 0 aliphatic carbocycles. The quantitative estimate of drug-likeness (QED) is 0.0186. The topological polar surface area (TPSA) is 140 Å². The highest BCUT2D eigenvalue weighted by atomic mass is 31.2. The van der Waals surface area contributed by atoms with E-state index in [-0.39, 0.29) is 19.4 Å². The minimum absolute atomic E-state index is 0.133. The molecular formula is C42H75O9P. The van der Waals surface area contributed by atoms with Gasteiger partial charge in [0.15, 0.2) is 6.10 Å². The molecule has 0 rings (SSSR count). The number of hydrogen-bond acceptors (Lipinski definition) is 7. The fourth-order valence-corrected chi connectivity index (χ4v) is 5.92. The SMILES string of the molecule is CCCCC/C=C\C/C=C\CC(O)/C=C\C=C\CCCC(=O)OC[C@H](COP(=O)(O)O)OC(=O)CCCCCCCCCCCCCCCCCC. The van der Waals surface area contributed by atoms with Crippen LogP contribution >= 0.6 is 7.82 Å². The van der Waals surface area contributed by atoms with Gasteiger partial charge < -0.3 is 24.4 Å². The maximum Gasteiger partial charge on any atom is 0.469 e. The van der Waals surface area contributed by atoms with Crippen LogP contribution in [-0.4, -0.2) is 52.3 Å². The van der Waals surface area contributed by atoms with Gasteiger partial charge in [-0.05, 0) is 44.9 Å². The summed E-state index contributed by atoms with van der Waals surface area (Å²) in [4.78, 5) is 42.8. The lowest BCUT2D eigenvalue weighted by Crippen LogP contribution is -2.29. The lowest BCUT2D eigenvalue weighted by atomic mass is 10.0. The number of hydrogen-bond donors (Lipinski definition) is 3. The molecule has 0 heterocycles. The number of carbonyl (C=O) groups is 2. The molecule has 0 bridgehead atoms. The smallest absolute Gasteiger partial charge is 0.462 e. The molecule has 0 radical (unpaired) electrons. The molecule has 0 fully saturated rings. The second kappa shape index (κ2) is 37.3. The summed E-state index contributed by atoms with van der Waals surface area (Å²) in [5, 5.41) is 10.1. The van der Waals surface area contributed by atoms with Gasteiger partial charge in [0.1, 0.15) is 6.61 Å². The average molecular weight is 755 g/mol. The first kappa shape index (κ1) is 50.0. The molecule has 2 atom stereocenters. The number of rotatable bonds is 37. The Labute approximate surface area is 317 Å². The van der Waals surface area contributed by atoms with Gasteiger partial charge in [-0.1, -0.05) is 172 Å². The van der Waals surface area contributed by atoms with Crippen molar-refractivity contribution in [2.24, 2.45) is 0 Å². The van der Waals surface area contributed by atoms with Crippen molar-refractivity contribution in [2.45, 2.75) is 193 Å². The van der Waals surface area contributed by atoms with Crippen molar-refractivity contribution in [1.82, 2.24) is 0 Å². The number of phosphoric acid groups is 1. The molecule has 302 valence electrons. The summed E-state index contributed by atoms with van der Waals surface area (Å²) in [6, 6.07) is 0. The molecule has 0 aromatic carbocycles. The fraction of sp³-hybridized carbons (Fsp3) is 0.762. The van der Waals surface area contributed by atoms with Crippen LogP contribution in [0.1, 0.15) is 181 Å². The fourth-order valence-electron chi connectivity index (χ4n) is 5.56. The molecule has 0 aliphatic rings. The third kappa shape index (κ3) is 39.2. The Morgan fingerprint density at radius 1 is 0.596 bits per heavy atom.